The zero-order valence-corrected chi connectivity index (χ0v) is 10.8. The summed E-state index contributed by atoms with van der Waals surface area (Å²) < 4.78 is 0.884. The van der Waals surface area contributed by atoms with Crippen LogP contribution in [0, 0.1) is 0 Å². The molecule has 1 saturated heterocycles. The molecule has 1 fully saturated rings. The fraction of sp³-hybridized carbons (Fsp3) is 0.364. The molecule has 1 atom stereocenters. The summed E-state index contributed by atoms with van der Waals surface area (Å²) in [5.74, 6) is 0.0111. The van der Waals surface area contributed by atoms with Crippen LogP contribution in [0.1, 0.15) is 12.0 Å². The second-order valence-electron chi connectivity index (χ2n) is 3.74. The summed E-state index contributed by atoms with van der Waals surface area (Å²) in [5.41, 5.74) is 1.48. The number of aliphatic hydroxyl groups is 1. The third-order valence-electron chi connectivity index (χ3n) is 2.58. The first-order chi connectivity index (χ1) is 7.61. The van der Waals surface area contributed by atoms with Crippen molar-refractivity contribution in [2.75, 3.05) is 11.4 Å². The van der Waals surface area contributed by atoms with Gasteiger partial charge in [-0.2, -0.15) is 0 Å². The first-order valence-electron chi connectivity index (χ1n) is 4.95. The molecule has 1 heterocycles. The number of alkyl halides is 1. The fourth-order valence-electron chi connectivity index (χ4n) is 1.84. The smallest absolute Gasteiger partial charge is 0.228 e. The van der Waals surface area contributed by atoms with Gasteiger partial charge in [-0.1, -0.05) is 15.9 Å². The monoisotopic (exact) mass is 303 g/mol. The highest BCUT2D eigenvalue weighted by atomic mass is 79.9. The van der Waals surface area contributed by atoms with Gasteiger partial charge >= 0.3 is 0 Å². The van der Waals surface area contributed by atoms with E-state index >= 15 is 0 Å². The minimum Gasteiger partial charge on any atom is -0.392 e. The lowest BCUT2D eigenvalue weighted by Gasteiger charge is -2.19. The molecule has 1 aliphatic rings. The molecule has 1 aromatic carbocycles. The summed E-state index contributed by atoms with van der Waals surface area (Å²) in [6.07, 6.45) is 0.364. The molecule has 0 spiro atoms. The third-order valence-corrected chi connectivity index (χ3v) is 3.37. The van der Waals surface area contributed by atoms with Gasteiger partial charge in [-0.15, -0.1) is 11.6 Å². The van der Waals surface area contributed by atoms with Gasteiger partial charge in [0.25, 0.3) is 0 Å². The maximum absolute atomic E-state index is 11.7. The van der Waals surface area contributed by atoms with Crippen molar-refractivity contribution in [1.29, 1.82) is 0 Å². The molecule has 5 heteroatoms. The van der Waals surface area contributed by atoms with Gasteiger partial charge in [0.05, 0.1) is 12.0 Å². The van der Waals surface area contributed by atoms with Crippen LogP contribution in [0.3, 0.4) is 0 Å². The van der Waals surface area contributed by atoms with Crippen molar-refractivity contribution >= 4 is 39.1 Å². The van der Waals surface area contributed by atoms with Crippen LogP contribution < -0.4 is 4.90 Å². The molecule has 1 unspecified atom stereocenters. The quantitative estimate of drug-likeness (QED) is 0.852. The van der Waals surface area contributed by atoms with Crippen LogP contribution in [0.5, 0.6) is 0 Å². The van der Waals surface area contributed by atoms with Crippen molar-refractivity contribution < 1.29 is 9.90 Å². The number of hydrogen-bond donors (Lipinski definition) is 1. The molecule has 1 aromatic rings. The molecule has 0 radical (unpaired) electrons. The topological polar surface area (TPSA) is 40.5 Å². The molecule has 0 aromatic heterocycles. The Labute approximate surface area is 107 Å². The summed E-state index contributed by atoms with van der Waals surface area (Å²) in [5, 5.41) is 9.13. The minimum absolute atomic E-state index is 0.0111. The molecule has 0 saturated carbocycles. The van der Waals surface area contributed by atoms with Gasteiger partial charge in [-0.3, -0.25) is 4.79 Å². The van der Waals surface area contributed by atoms with E-state index in [-0.39, 0.29) is 17.9 Å². The Kier molecular flexibility index (Phi) is 3.52. The Morgan fingerprint density at radius 2 is 2.31 bits per heavy atom. The lowest BCUT2D eigenvalue weighted by atomic mass is 10.1. The van der Waals surface area contributed by atoms with Gasteiger partial charge in [0, 0.05) is 28.7 Å². The number of rotatable bonds is 2. The number of benzene rings is 1. The van der Waals surface area contributed by atoms with E-state index in [4.69, 9.17) is 11.6 Å². The lowest BCUT2D eigenvalue weighted by molar-refractivity contribution is -0.117. The van der Waals surface area contributed by atoms with Crippen molar-refractivity contribution in [3.8, 4) is 0 Å². The van der Waals surface area contributed by atoms with E-state index in [2.05, 4.69) is 15.9 Å². The number of hydrogen-bond acceptors (Lipinski definition) is 2. The van der Waals surface area contributed by atoms with Crippen LogP contribution in [0.4, 0.5) is 5.69 Å². The number of carbonyl (C=O) groups excluding carboxylic acids is 1. The Morgan fingerprint density at radius 1 is 1.56 bits per heavy atom. The Balaban J connectivity index is 2.36. The third kappa shape index (κ3) is 2.24. The number of carbonyl (C=O) groups is 1. The van der Waals surface area contributed by atoms with Crippen molar-refractivity contribution in [3.63, 3.8) is 0 Å². The maximum Gasteiger partial charge on any atom is 0.228 e. The molecular weight excluding hydrogens is 293 g/mol. The number of anilines is 1. The zero-order valence-electron chi connectivity index (χ0n) is 8.49. The lowest BCUT2D eigenvalue weighted by Crippen LogP contribution is -2.25. The molecule has 86 valence electrons. The van der Waals surface area contributed by atoms with Crippen LogP contribution in [-0.4, -0.2) is 22.9 Å². The highest BCUT2D eigenvalue weighted by molar-refractivity contribution is 9.10. The summed E-state index contributed by atoms with van der Waals surface area (Å²) in [4.78, 5) is 13.3. The summed E-state index contributed by atoms with van der Waals surface area (Å²) >= 11 is 9.28. The molecule has 16 heavy (non-hydrogen) atoms. The highest BCUT2D eigenvalue weighted by Gasteiger charge is 2.30. The van der Waals surface area contributed by atoms with Crippen LogP contribution >= 0.6 is 27.5 Å². The Morgan fingerprint density at radius 3 is 2.88 bits per heavy atom. The molecular formula is C11H11BrClNO2. The first-order valence-corrected chi connectivity index (χ1v) is 6.18. The van der Waals surface area contributed by atoms with E-state index in [1.165, 1.54) is 0 Å². The van der Waals surface area contributed by atoms with E-state index < -0.39 is 0 Å². The largest absolute Gasteiger partial charge is 0.392 e. The Hall–Kier alpha value is -0.580. The second-order valence-corrected chi connectivity index (χ2v) is 5.27. The van der Waals surface area contributed by atoms with Crippen molar-refractivity contribution in [2.45, 2.75) is 18.4 Å². The average Bonchev–Trinajstić information content (AvgIpc) is 2.57. The molecule has 0 aliphatic carbocycles. The Bertz CT molecular complexity index is 424. The van der Waals surface area contributed by atoms with Gasteiger partial charge in [-0.05, 0) is 18.2 Å². The van der Waals surface area contributed by atoms with Crippen LogP contribution in [0.15, 0.2) is 22.7 Å². The van der Waals surface area contributed by atoms with E-state index in [0.717, 1.165) is 15.7 Å². The highest BCUT2D eigenvalue weighted by Crippen LogP contribution is 2.29. The summed E-state index contributed by atoms with van der Waals surface area (Å²) in [6.45, 7) is 0.417. The van der Waals surface area contributed by atoms with Gasteiger partial charge in [0.2, 0.25) is 5.91 Å². The number of amides is 1. The minimum atomic E-state index is -0.136. The molecule has 1 aliphatic heterocycles. The van der Waals surface area contributed by atoms with Gasteiger partial charge in [0.15, 0.2) is 0 Å². The molecule has 3 nitrogen and oxygen atoms in total. The van der Waals surface area contributed by atoms with Crippen molar-refractivity contribution in [3.05, 3.63) is 28.2 Å². The number of aliphatic hydroxyl groups excluding tert-OH is 1. The van der Waals surface area contributed by atoms with E-state index in [9.17, 15) is 9.90 Å². The number of nitrogens with zero attached hydrogens (tertiary/aromatic N) is 1. The molecule has 1 N–H and O–H groups in total. The molecule has 1 amide bonds. The van der Waals surface area contributed by atoms with E-state index in [1.807, 2.05) is 18.2 Å². The molecule has 0 bridgehead atoms. The van der Waals surface area contributed by atoms with Crippen molar-refractivity contribution in [1.82, 2.24) is 0 Å². The predicted molar refractivity (Wildman–Crippen MR) is 66.7 cm³/mol. The first kappa shape index (κ1) is 11.9. The van der Waals surface area contributed by atoms with Gasteiger partial charge in [-0.25, -0.2) is 0 Å². The fourth-order valence-corrected chi connectivity index (χ4v) is 2.52. The van der Waals surface area contributed by atoms with Crippen LogP contribution in [0.2, 0.25) is 0 Å². The zero-order chi connectivity index (χ0) is 11.7. The maximum atomic E-state index is 11.7. The second kappa shape index (κ2) is 4.73. The predicted octanol–water partition coefficient (Wildman–Crippen LogP) is 2.29. The number of halogens is 2. The van der Waals surface area contributed by atoms with E-state index in [0.29, 0.717) is 13.0 Å². The van der Waals surface area contributed by atoms with Crippen LogP contribution in [-0.2, 0) is 11.4 Å². The SMILES string of the molecule is O=C1CC(Cl)CN1c1ccc(Br)cc1CO. The van der Waals surface area contributed by atoms with Gasteiger partial charge in [0.1, 0.15) is 0 Å². The summed E-state index contributed by atoms with van der Waals surface area (Å²) in [6, 6.07) is 5.48. The van der Waals surface area contributed by atoms with Crippen LogP contribution in [0.25, 0.3) is 0 Å². The normalized spacial score (nSPS) is 20.6. The average molecular weight is 305 g/mol. The van der Waals surface area contributed by atoms with Crippen molar-refractivity contribution in [2.24, 2.45) is 0 Å². The standard InChI is InChI=1S/C11H11BrClNO2/c12-8-1-2-10(7(3-8)6-15)14-5-9(13)4-11(14)16/h1-3,9,15H,4-6H2. The van der Waals surface area contributed by atoms with E-state index in [1.54, 1.807) is 4.90 Å². The van der Waals surface area contributed by atoms with Gasteiger partial charge < -0.3 is 10.0 Å². The molecule has 2 rings (SSSR count). The summed E-state index contributed by atoms with van der Waals surface area (Å²) in [7, 11) is 0.